The molecule has 0 unspecified atom stereocenters. The summed E-state index contributed by atoms with van der Waals surface area (Å²) < 4.78 is 10.1. The molecule has 1 saturated heterocycles. The molecule has 2 heterocycles. The van der Waals surface area contributed by atoms with Crippen LogP contribution in [0.3, 0.4) is 0 Å². The Kier molecular flexibility index (Phi) is 4.84. The van der Waals surface area contributed by atoms with Crippen LogP contribution in [0.25, 0.3) is 11.1 Å². The number of ether oxygens (including phenoxy) is 1. The van der Waals surface area contributed by atoms with Gasteiger partial charge in [-0.05, 0) is 24.5 Å². The van der Waals surface area contributed by atoms with Crippen LogP contribution >= 0.6 is 0 Å². The Balaban J connectivity index is 1.63. The maximum Gasteiger partial charge on any atom is 0.409 e. The summed E-state index contributed by atoms with van der Waals surface area (Å²) >= 11 is 0. The van der Waals surface area contributed by atoms with Gasteiger partial charge in [-0.25, -0.2) is 4.79 Å². The van der Waals surface area contributed by atoms with Crippen LogP contribution in [0, 0.1) is 0 Å². The Morgan fingerprint density at radius 3 is 2.54 bits per heavy atom. The van der Waals surface area contributed by atoms with Gasteiger partial charge in [0.1, 0.15) is 0 Å². The lowest BCUT2D eigenvalue weighted by Crippen LogP contribution is -2.46. The fraction of sp³-hybridized carbons (Fsp3) is 0.333. The number of hydrogen-bond donors (Lipinski definition) is 1. The van der Waals surface area contributed by atoms with Crippen molar-refractivity contribution >= 4 is 12.0 Å². The van der Waals surface area contributed by atoms with Gasteiger partial charge in [0.05, 0.1) is 13.4 Å². The van der Waals surface area contributed by atoms with Gasteiger partial charge in [-0.3, -0.25) is 4.79 Å². The van der Waals surface area contributed by atoms with Gasteiger partial charge in [0.2, 0.25) is 0 Å². The minimum atomic E-state index is -0.322. The Bertz CT molecular complexity index is 703. The lowest BCUT2D eigenvalue weighted by atomic mass is 10.0. The zero-order valence-corrected chi connectivity index (χ0v) is 13.5. The van der Waals surface area contributed by atoms with Crippen molar-refractivity contribution < 1.29 is 18.7 Å². The predicted octanol–water partition coefficient (Wildman–Crippen LogP) is 2.91. The maximum atomic E-state index is 12.5. The summed E-state index contributed by atoms with van der Waals surface area (Å²) in [5.74, 6) is 0.0898. The number of piperidine rings is 1. The first-order valence-electron chi connectivity index (χ1n) is 7.95. The first-order chi connectivity index (χ1) is 11.7. The summed E-state index contributed by atoms with van der Waals surface area (Å²) in [7, 11) is 1.37. The average Bonchev–Trinajstić information content (AvgIpc) is 3.12. The molecule has 1 N–H and O–H groups in total. The van der Waals surface area contributed by atoms with E-state index in [0.29, 0.717) is 31.7 Å². The third-order valence-electron chi connectivity index (χ3n) is 4.22. The number of methoxy groups -OCH3 is 1. The number of furan rings is 1. The lowest BCUT2D eigenvalue weighted by molar-refractivity contribution is 0.0868. The van der Waals surface area contributed by atoms with Crippen molar-refractivity contribution in [3.05, 3.63) is 48.4 Å². The molecule has 1 aliphatic heterocycles. The lowest BCUT2D eigenvalue weighted by Gasteiger charge is -2.31. The SMILES string of the molecule is COC(=O)N1CCC(NC(=O)c2occc2-c2ccccc2)CC1. The zero-order chi connectivity index (χ0) is 16.9. The molecule has 126 valence electrons. The first-order valence-corrected chi connectivity index (χ1v) is 7.95. The van der Waals surface area contributed by atoms with Gasteiger partial charge in [0, 0.05) is 24.7 Å². The van der Waals surface area contributed by atoms with Crippen LogP contribution in [0.15, 0.2) is 47.1 Å². The highest BCUT2D eigenvalue weighted by molar-refractivity contribution is 5.98. The Labute approximate surface area is 140 Å². The van der Waals surface area contributed by atoms with E-state index >= 15 is 0 Å². The zero-order valence-electron chi connectivity index (χ0n) is 13.5. The van der Waals surface area contributed by atoms with E-state index in [4.69, 9.17) is 9.15 Å². The molecule has 1 aromatic heterocycles. The Morgan fingerprint density at radius 2 is 1.88 bits per heavy atom. The van der Waals surface area contributed by atoms with E-state index in [0.717, 1.165) is 11.1 Å². The second kappa shape index (κ2) is 7.21. The molecule has 0 saturated carbocycles. The molecule has 0 atom stereocenters. The number of nitrogens with one attached hydrogen (secondary N) is 1. The number of likely N-dealkylation sites (tertiary alicyclic amines) is 1. The van der Waals surface area contributed by atoms with Gasteiger partial charge in [-0.2, -0.15) is 0 Å². The van der Waals surface area contributed by atoms with Crippen molar-refractivity contribution in [2.24, 2.45) is 0 Å². The minimum absolute atomic E-state index is 0.0205. The standard InChI is InChI=1S/C18H20N2O4/c1-23-18(22)20-10-7-14(8-11-20)19-17(21)16-15(9-12-24-16)13-5-3-2-4-6-13/h2-6,9,12,14H,7-8,10-11H2,1H3,(H,19,21). The molecule has 6 heteroatoms. The minimum Gasteiger partial charge on any atom is -0.459 e. The van der Waals surface area contributed by atoms with Crippen LogP contribution in [-0.2, 0) is 4.74 Å². The van der Waals surface area contributed by atoms with Crippen molar-refractivity contribution in [2.45, 2.75) is 18.9 Å². The fourth-order valence-corrected chi connectivity index (χ4v) is 2.92. The third-order valence-corrected chi connectivity index (χ3v) is 4.22. The van der Waals surface area contributed by atoms with E-state index < -0.39 is 0 Å². The van der Waals surface area contributed by atoms with Gasteiger partial charge >= 0.3 is 6.09 Å². The monoisotopic (exact) mass is 328 g/mol. The van der Waals surface area contributed by atoms with Gasteiger partial charge in [0.15, 0.2) is 5.76 Å². The smallest absolute Gasteiger partial charge is 0.409 e. The summed E-state index contributed by atoms with van der Waals surface area (Å²) in [6.45, 7) is 1.14. The second-order valence-electron chi connectivity index (χ2n) is 5.73. The quantitative estimate of drug-likeness (QED) is 0.940. The molecule has 0 bridgehead atoms. The number of benzene rings is 1. The molecule has 2 aromatic rings. The van der Waals surface area contributed by atoms with Crippen molar-refractivity contribution in [2.75, 3.05) is 20.2 Å². The molecule has 0 radical (unpaired) electrons. The van der Waals surface area contributed by atoms with Crippen LogP contribution in [0.1, 0.15) is 23.4 Å². The molecule has 1 aliphatic rings. The largest absolute Gasteiger partial charge is 0.459 e. The van der Waals surface area contributed by atoms with E-state index in [1.807, 2.05) is 30.3 Å². The van der Waals surface area contributed by atoms with Crippen LogP contribution in [0.2, 0.25) is 0 Å². The number of carbonyl (C=O) groups excluding carboxylic acids is 2. The van der Waals surface area contributed by atoms with Gasteiger partial charge in [0.25, 0.3) is 5.91 Å². The number of nitrogens with zero attached hydrogens (tertiary/aromatic N) is 1. The van der Waals surface area contributed by atoms with E-state index in [-0.39, 0.29) is 18.0 Å². The van der Waals surface area contributed by atoms with E-state index in [1.54, 1.807) is 11.0 Å². The summed E-state index contributed by atoms with van der Waals surface area (Å²) in [6.07, 6.45) is 2.60. The van der Waals surface area contributed by atoms with Gasteiger partial charge in [-0.15, -0.1) is 0 Å². The fourth-order valence-electron chi connectivity index (χ4n) is 2.92. The molecule has 0 spiro atoms. The van der Waals surface area contributed by atoms with Crippen LogP contribution in [0.4, 0.5) is 4.79 Å². The molecule has 1 fully saturated rings. The number of hydrogen-bond acceptors (Lipinski definition) is 4. The predicted molar refractivity (Wildman–Crippen MR) is 88.6 cm³/mol. The molecule has 1 aromatic carbocycles. The van der Waals surface area contributed by atoms with E-state index in [2.05, 4.69) is 5.32 Å². The highest BCUT2D eigenvalue weighted by Gasteiger charge is 2.26. The molecular formula is C18H20N2O4. The topological polar surface area (TPSA) is 71.8 Å². The van der Waals surface area contributed by atoms with Gasteiger partial charge in [-0.1, -0.05) is 30.3 Å². The first kappa shape index (κ1) is 16.1. The summed E-state index contributed by atoms with van der Waals surface area (Å²) in [6, 6.07) is 11.5. The Hall–Kier alpha value is -2.76. The summed E-state index contributed by atoms with van der Waals surface area (Å²) in [5.41, 5.74) is 1.72. The van der Waals surface area contributed by atoms with E-state index in [1.165, 1.54) is 13.4 Å². The molecule has 2 amide bonds. The third kappa shape index (κ3) is 3.42. The number of amides is 2. The second-order valence-corrected chi connectivity index (χ2v) is 5.73. The molecule has 3 rings (SSSR count). The molecule has 0 aliphatic carbocycles. The van der Waals surface area contributed by atoms with Crippen LogP contribution in [0.5, 0.6) is 0 Å². The normalized spacial score (nSPS) is 15.1. The van der Waals surface area contributed by atoms with Crippen molar-refractivity contribution in [3.8, 4) is 11.1 Å². The molecule has 6 nitrogen and oxygen atoms in total. The molecular weight excluding hydrogens is 308 g/mol. The van der Waals surface area contributed by atoms with Crippen molar-refractivity contribution in [3.63, 3.8) is 0 Å². The summed E-state index contributed by atoms with van der Waals surface area (Å²) in [4.78, 5) is 25.7. The highest BCUT2D eigenvalue weighted by Crippen LogP contribution is 2.25. The highest BCUT2D eigenvalue weighted by atomic mass is 16.5. The summed E-state index contributed by atoms with van der Waals surface area (Å²) in [5, 5.41) is 3.00. The average molecular weight is 328 g/mol. The number of rotatable bonds is 3. The Morgan fingerprint density at radius 1 is 1.17 bits per heavy atom. The van der Waals surface area contributed by atoms with Crippen LogP contribution in [-0.4, -0.2) is 43.1 Å². The van der Waals surface area contributed by atoms with Crippen molar-refractivity contribution in [1.82, 2.24) is 10.2 Å². The maximum absolute atomic E-state index is 12.5. The molecule has 24 heavy (non-hydrogen) atoms. The van der Waals surface area contributed by atoms with E-state index in [9.17, 15) is 9.59 Å². The van der Waals surface area contributed by atoms with Crippen molar-refractivity contribution in [1.29, 1.82) is 0 Å². The van der Waals surface area contributed by atoms with Crippen LogP contribution < -0.4 is 5.32 Å². The number of carbonyl (C=O) groups is 2. The van der Waals surface area contributed by atoms with Gasteiger partial charge < -0.3 is 19.4 Å².